The highest BCUT2D eigenvalue weighted by atomic mass is 16.5. The number of nitrogens with zero attached hydrogens (tertiary/aromatic N) is 1. The number of amides is 1. The summed E-state index contributed by atoms with van der Waals surface area (Å²) >= 11 is 0. The van der Waals surface area contributed by atoms with Crippen LogP contribution in [-0.2, 0) is 6.61 Å². The number of para-hydroxylation sites is 1. The molecule has 3 rings (SSSR count). The van der Waals surface area contributed by atoms with Gasteiger partial charge in [0.05, 0.1) is 6.26 Å². The van der Waals surface area contributed by atoms with Crippen LogP contribution in [0.1, 0.15) is 54.6 Å². The van der Waals surface area contributed by atoms with Gasteiger partial charge in [-0.3, -0.25) is 4.79 Å². The second kappa shape index (κ2) is 9.09. The number of benzene rings is 1. The molecule has 0 saturated heterocycles. The van der Waals surface area contributed by atoms with Crippen molar-refractivity contribution in [3.05, 3.63) is 54.0 Å². The molecule has 146 valence electrons. The fraction of sp³-hybridized carbons (Fsp3) is 0.500. The Morgan fingerprint density at radius 3 is 2.48 bits per heavy atom. The molecule has 1 saturated carbocycles. The van der Waals surface area contributed by atoms with E-state index in [0.29, 0.717) is 18.9 Å². The first kappa shape index (κ1) is 19.5. The third kappa shape index (κ3) is 4.92. The summed E-state index contributed by atoms with van der Waals surface area (Å²) in [7, 11) is 4.23. The van der Waals surface area contributed by atoms with E-state index in [-0.39, 0.29) is 11.4 Å². The summed E-state index contributed by atoms with van der Waals surface area (Å²) in [5.41, 5.74) is 0.788. The van der Waals surface area contributed by atoms with E-state index < -0.39 is 0 Å². The number of likely N-dealkylation sites (N-methyl/N-ethyl adjacent to an activating group) is 1. The zero-order valence-corrected chi connectivity index (χ0v) is 16.4. The lowest BCUT2D eigenvalue weighted by Gasteiger charge is -2.39. The van der Waals surface area contributed by atoms with Gasteiger partial charge in [0, 0.05) is 17.6 Å². The van der Waals surface area contributed by atoms with Gasteiger partial charge in [-0.05, 0) is 45.1 Å². The molecule has 0 spiro atoms. The summed E-state index contributed by atoms with van der Waals surface area (Å²) in [6.45, 7) is 0.945. The fourth-order valence-electron chi connectivity index (χ4n) is 3.82. The summed E-state index contributed by atoms with van der Waals surface area (Å²) in [6, 6.07) is 11.4. The first-order valence-corrected chi connectivity index (χ1v) is 9.81. The van der Waals surface area contributed by atoms with Gasteiger partial charge in [0.15, 0.2) is 5.76 Å². The molecule has 2 aromatic rings. The Kier molecular flexibility index (Phi) is 6.56. The van der Waals surface area contributed by atoms with Crippen LogP contribution < -0.4 is 10.1 Å². The topological polar surface area (TPSA) is 54.7 Å². The molecule has 1 aliphatic rings. The third-order valence-corrected chi connectivity index (χ3v) is 5.65. The molecule has 0 aliphatic heterocycles. The minimum absolute atomic E-state index is 0.0272. The van der Waals surface area contributed by atoms with E-state index in [4.69, 9.17) is 9.15 Å². The molecule has 0 radical (unpaired) electrons. The Morgan fingerprint density at radius 1 is 1.11 bits per heavy atom. The lowest BCUT2D eigenvalue weighted by atomic mass is 9.88. The standard InChI is InChI=1S/C22H30N2O3/c1-24(2)22(13-8-3-4-9-14-22)17-23-21(25)20-18(12-15-26-20)16-27-19-10-6-5-7-11-19/h5-7,10-12,15H,3-4,8-9,13-14,16-17H2,1-2H3,(H,23,25). The summed E-state index contributed by atoms with van der Waals surface area (Å²) in [5.74, 6) is 0.945. The number of hydrogen-bond donors (Lipinski definition) is 1. The Labute approximate surface area is 161 Å². The zero-order valence-electron chi connectivity index (χ0n) is 16.4. The van der Waals surface area contributed by atoms with Gasteiger partial charge in [0.2, 0.25) is 0 Å². The van der Waals surface area contributed by atoms with Crippen molar-refractivity contribution in [2.24, 2.45) is 0 Å². The lowest BCUT2D eigenvalue weighted by molar-refractivity contribution is 0.0841. The molecule has 1 fully saturated rings. The molecule has 1 aromatic carbocycles. The van der Waals surface area contributed by atoms with Gasteiger partial charge in [-0.15, -0.1) is 0 Å². The van der Waals surface area contributed by atoms with Crippen LogP contribution in [-0.4, -0.2) is 37.0 Å². The molecule has 1 aromatic heterocycles. The maximum atomic E-state index is 12.8. The van der Waals surface area contributed by atoms with Crippen molar-refractivity contribution in [2.45, 2.75) is 50.7 Å². The van der Waals surface area contributed by atoms with Crippen molar-refractivity contribution >= 4 is 5.91 Å². The smallest absolute Gasteiger partial charge is 0.287 e. The second-order valence-electron chi connectivity index (χ2n) is 7.59. The van der Waals surface area contributed by atoms with E-state index in [1.807, 2.05) is 30.3 Å². The highest BCUT2D eigenvalue weighted by Crippen LogP contribution is 2.30. The molecule has 0 atom stereocenters. The average molecular weight is 370 g/mol. The molecular formula is C22H30N2O3. The molecule has 1 amide bonds. The molecule has 1 heterocycles. The summed E-state index contributed by atoms with van der Waals surface area (Å²) < 4.78 is 11.2. The monoisotopic (exact) mass is 370 g/mol. The molecule has 5 nitrogen and oxygen atoms in total. The number of ether oxygens (including phenoxy) is 1. The average Bonchev–Trinajstić information content (AvgIpc) is 3.02. The predicted octanol–water partition coefficient (Wildman–Crippen LogP) is 4.24. The van der Waals surface area contributed by atoms with Crippen molar-refractivity contribution < 1.29 is 13.9 Å². The number of carbonyl (C=O) groups excluding carboxylic acids is 1. The van der Waals surface area contributed by atoms with Gasteiger partial charge < -0.3 is 19.4 Å². The maximum absolute atomic E-state index is 12.8. The summed E-state index contributed by atoms with van der Waals surface area (Å²) in [6.07, 6.45) is 8.76. The summed E-state index contributed by atoms with van der Waals surface area (Å²) in [5, 5.41) is 3.11. The van der Waals surface area contributed by atoms with E-state index >= 15 is 0 Å². The van der Waals surface area contributed by atoms with Gasteiger partial charge in [-0.1, -0.05) is 43.9 Å². The zero-order chi connectivity index (χ0) is 19.1. The molecule has 1 N–H and O–H groups in total. The Hall–Kier alpha value is -2.27. The van der Waals surface area contributed by atoms with Crippen LogP contribution in [0, 0.1) is 0 Å². The van der Waals surface area contributed by atoms with Gasteiger partial charge in [-0.25, -0.2) is 0 Å². The summed E-state index contributed by atoms with van der Waals surface area (Å²) in [4.78, 5) is 15.0. The molecular weight excluding hydrogens is 340 g/mol. The normalized spacial score (nSPS) is 16.7. The first-order chi connectivity index (χ1) is 13.1. The minimum Gasteiger partial charge on any atom is -0.489 e. The fourth-order valence-corrected chi connectivity index (χ4v) is 3.82. The number of furan rings is 1. The van der Waals surface area contributed by atoms with E-state index in [9.17, 15) is 4.79 Å². The molecule has 0 bridgehead atoms. The van der Waals surface area contributed by atoms with E-state index in [2.05, 4.69) is 24.3 Å². The Morgan fingerprint density at radius 2 is 1.81 bits per heavy atom. The minimum atomic E-state index is -0.169. The largest absolute Gasteiger partial charge is 0.489 e. The highest BCUT2D eigenvalue weighted by molar-refractivity contribution is 5.92. The van der Waals surface area contributed by atoms with Crippen LogP contribution in [0.25, 0.3) is 0 Å². The molecule has 5 heteroatoms. The first-order valence-electron chi connectivity index (χ1n) is 9.81. The number of carbonyl (C=O) groups is 1. The SMILES string of the molecule is CN(C)C1(CNC(=O)c2occc2COc2ccccc2)CCCCCC1. The van der Waals surface area contributed by atoms with Crippen LogP contribution in [0.5, 0.6) is 5.75 Å². The van der Waals surface area contributed by atoms with E-state index in [0.717, 1.165) is 24.2 Å². The molecule has 1 aliphatic carbocycles. The van der Waals surface area contributed by atoms with Crippen LogP contribution in [0.15, 0.2) is 47.1 Å². The number of hydrogen-bond acceptors (Lipinski definition) is 4. The Balaban J connectivity index is 1.61. The van der Waals surface area contributed by atoms with E-state index in [1.54, 1.807) is 12.3 Å². The number of nitrogens with one attached hydrogen (secondary N) is 1. The molecule has 27 heavy (non-hydrogen) atoms. The second-order valence-corrected chi connectivity index (χ2v) is 7.59. The predicted molar refractivity (Wildman–Crippen MR) is 106 cm³/mol. The van der Waals surface area contributed by atoms with Gasteiger partial charge >= 0.3 is 0 Å². The van der Waals surface area contributed by atoms with Crippen molar-refractivity contribution in [2.75, 3.05) is 20.6 Å². The van der Waals surface area contributed by atoms with Crippen molar-refractivity contribution in [1.82, 2.24) is 10.2 Å². The highest BCUT2D eigenvalue weighted by Gasteiger charge is 2.34. The Bertz CT molecular complexity index is 716. The van der Waals surface area contributed by atoms with Crippen molar-refractivity contribution in [1.29, 1.82) is 0 Å². The van der Waals surface area contributed by atoms with Crippen LogP contribution >= 0.6 is 0 Å². The lowest BCUT2D eigenvalue weighted by Crippen LogP contribution is -2.52. The van der Waals surface area contributed by atoms with Crippen LogP contribution in [0.2, 0.25) is 0 Å². The third-order valence-electron chi connectivity index (χ3n) is 5.65. The van der Waals surface area contributed by atoms with Crippen molar-refractivity contribution in [3.8, 4) is 5.75 Å². The molecule has 0 unspecified atom stereocenters. The quantitative estimate of drug-likeness (QED) is 0.741. The maximum Gasteiger partial charge on any atom is 0.287 e. The van der Waals surface area contributed by atoms with E-state index in [1.165, 1.54) is 25.7 Å². The van der Waals surface area contributed by atoms with Crippen molar-refractivity contribution in [3.63, 3.8) is 0 Å². The van der Waals surface area contributed by atoms with Gasteiger partial charge in [0.1, 0.15) is 12.4 Å². The van der Waals surface area contributed by atoms with Crippen LogP contribution in [0.3, 0.4) is 0 Å². The van der Waals surface area contributed by atoms with Crippen LogP contribution in [0.4, 0.5) is 0 Å². The van der Waals surface area contributed by atoms with Gasteiger partial charge in [0.25, 0.3) is 5.91 Å². The van der Waals surface area contributed by atoms with Gasteiger partial charge in [-0.2, -0.15) is 0 Å². The number of rotatable bonds is 7.